The van der Waals surface area contributed by atoms with Crippen molar-refractivity contribution in [2.75, 3.05) is 0 Å². The van der Waals surface area contributed by atoms with E-state index in [1.54, 1.807) is 0 Å². The first-order valence-electron chi connectivity index (χ1n) is 8.60. The van der Waals surface area contributed by atoms with Crippen LogP contribution in [0.3, 0.4) is 0 Å². The molecule has 3 heteroatoms. The third-order valence-corrected chi connectivity index (χ3v) is 7.50. The molecule has 2 unspecified atom stereocenters. The van der Waals surface area contributed by atoms with Gasteiger partial charge in [-0.3, -0.25) is 0 Å². The Balaban J connectivity index is 1.73. The van der Waals surface area contributed by atoms with Gasteiger partial charge in [0.1, 0.15) is 5.76 Å². The summed E-state index contributed by atoms with van der Waals surface area (Å²) in [5.74, 6) is 1.84. The molecule has 3 nitrogen and oxygen atoms in total. The summed E-state index contributed by atoms with van der Waals surface area (Å²) >= 11 is 0. The maximum absolute atomic E-state index is 10.9. The van der Waals surface area contributed by atoms with Crippen LogP contribution >= 0.6 is 0 Å². The summed E-state index contributed by atoms with van der Waals surface area (Å²) in [5, 5.41) is 20.7. The number of allylic oxidation sites excluding steroid dienone is 5. The fourth-order valence-corrected chi connectivity index (χ4v) is 6.03. The van der Waals surface area contributed by atoms with Crippen molar-refractivity contribution < 1.29 is 10.2 Å². The summed E-state index contributed by atoms with van der Waals surface area (Å²) in [7, 11) is 0. The predicted octanol–water partition coefficient (Wildman–Crippen LogP) is 3.28. The van der Waals surface area contributed by atoms with Gasteiger partial charge < -0.3 is 15.9 Å². The van der Waals surface area contributed by atoms with E-state index in [1.165, 1.54) is 0 Å². The number of fused-ring (bicyclic) bond motifs is 5. The van der Waals surface area contributed by atoms with Crippen LogP contribution in [0.15, 0.2) is 35.8 Å². The lowest BCUT2D eigenvalue weighted by molar-refractivity contribution is -0.118. The highest BCUT2D eigenvalue weighted by molar-refractivity contribution is 5.30. The third kappa shape index (κ3) is 1.66. The zero-order chi connectivity index (χ0) is 15.7. The molecule has 0 bridgehead atoms. The van der Waals surface area contributed by atoms with Crippen molar-refractivity contribution in [1.29, 1.82) is 0 Å². The average molecular weight is 301 g/mol. The fraction of sp³-hybridized carbons (Fsp3) is 0.684. The summed E-state index contributed by atoms with van der Waals surface area (Å²) in [6.07, 6.45) is 11.9. The number of aliphatic hydroxyl groups is 2. The molecule has 0 saturated heterocycles. The van der Waals surface area contributed by atoms with Crippen molar-refractivity contribution >= 4 is 0 Å². The van der Waals surface area contributed by atoms with E-state index in [-0.39, 0.29) is 22.9 Å². The lowest BCUT2D eigenvalue weighted by Gasteiger charge is -2.59. The van der Waals surface area contributed by atoms with Crippen LogP contribution in [0.5, 0.6) is 0 Å². The molecule has 22 heavy (non-hydrogen) atoms. The van der Waals surface area contributed by atoms with Crippen LogP contribution in [0.2, 0.25) is 0 Å². The zero-order valence-corrected chi connectivity index (χ0v) is 13.5. The van der Waals surface area contributed by atoms with Gasteiger partial charge in [-0.25, -0.2) is 0 Å². The summed E-state index contributed by atoms with van der Waals surface area (Å²) in [6, 6.07) is 0. The van der Waals surface area contributed by atoms with Crippen LogP contribution in [0.4, 0.5) is 0 Å². The van der Waals surface area contributed by atoms with Crippen molar-refractivity contribution in [3.8, 4) is 0 Å². The maximum Gasteiger partial charge on any atom is 0.111 e. The van der Waals surface area contributed by atoms with Gasteiger partial charge in [0.15, 0.2) is 0 Å². The van der Waals surface area contributed by atoms with Crippen molar-refractivity contribution in [2.45, 2.75) is 45.6 Å². The molecular formula is C19H27NO2. The van der Waals surface area contributed by atoms with Crippen molar-refractivity contribution in [1.82, 2.24) is 0 Å². The molecule has 4 rings (SSSR count). The monoisotopic (exact) mass is 301 g/mol. The molecule has 0 amide bonds. The second-order valence-electron chi connectivity index (χ2n) is 8.34. The summed E-state index contributed by atoms with van der Waals surface area (Å²) in [4.78, 5) is 0. The number of nitrogens with two attached hydrogens (primary N) is 1. The van der Waals surface area contributed by atoms with Crippen LogP contribution < -0.4 is 5.73 Å². The van der Waals surface area contributed by atoms with Gasteiger partial charge in [-0.15, -0.1) is 0 Å². The minimum absolute atomic E-state index is 0.0504. The van der Waals surface area contributed by atoms with Gasteiger partial charge in [0.05, 0.1) is 6.10 Å². The molecule has 0 spiro atoms. The van der Waals surface area contributed by atoms with Crippen molar-refractivity contribution in [3.63, 3.8) is 0 Å². The average Bonchev–Trinajstić information content (AvgIpc) is 2.77. The quantitative estimate of drug-likeness (QED) is 0.643. The molecular weight excluding hydrogens is 274 g/mol. The van der Waals surface area contributed by atoms with Crippen LogP contribution in [0.25, 0.3) is 0 Å². The fourth-order valence-electron chi connectivity index (χ4n) is 6.03. The topological polar surface area (TPSA) is 66.5 Å². The van der Waals surface area contributed by atoms with E-state index in [1.807, 2.05) is 12.2 Å². The number of hydrogen-bond acceptors (Lipinski definition) is 3. The SMILES string of the molecule is C[C@]12C=CC(O)=CC1CC(O)[C@@H]1[C@H]2CC[C@]2(C)C(N)=CC[C@@H]12. The molecule has 0 aromatic heterocycles. The first-order chi connectivity index (χ1) is 10.4. The molecule has 4 aliphatic carbocycles. The minimum atomic E-state index is -0.289. The van der Waals surface area contributed by atoms with Crippen molar-refractivity contribution in [3.05, 3.63) is 35.8 Å². The Kier molecular flexibility index (Phi) is 2.88. The highest BCUT2D eigenvalue weighted by Gasteiger charge is 2.59. The molecule has 7 atom stereocenters. The second-order valence-corrected chi connectivity index (χ2v) is 8.34. The van der Waals surface area contributed by atoms with Crippen molar-refractivity contribution in [2.24, 2.45) is 40.2 Å². The van der Waals surface area contributed by atoms with E-state index in [4.69, 9.17) is 5.73 Å². The molecule has 2 fully saturated rings. The molecule has 0 aromatic rings. The molecule has 2 saturated carbocycles. The van der Waals surface area contributed by atoms with Crippen LogP contribution in [-0.4, -0.2) is 16.3 Å². The largest absolute Gasteiger partial charge is 0.508 e. The Morgan fingerprint density at radius 1 is 1.27 bits per heavy atom. The van der Waals surface area contributed by atoms with Gasteiger partial charge >= 0.3 is 0 Å². The number of rotatable bonds is 0. The highest BCUT2D eigenvalue weighted by Crippen LogP contribution is 2.64. The Labute approximate surface area is 132 Å². The lowest BCUT2D eigenvalue weighted by atomic mass is 9.46. The third-order valence-electron chi connectivity index (χ3n) is 7.50. The summed E-state index contributed by atoms with van der Waals surface area (Å²) in [6.45, 7) is 4.60. The Morgan fingerprint density at radius 3 is 2.82 bits per heavy atom. The minimum Gasteiger partial charge on any atom is -0.508 e. The smallest absolute Gasteiger partial charge is 0.111 e. The Morgan fingerprint density at radius 2 is 2.05 bits per heavy atom. The standard InChI is InChI=1S/C19H27NO2/c1-18-7-5-12(21)9-11(18)10-15(22)17-13-3-4-16(20)19(13,2)8-6-14(17)18/h4-5,7,9,11,13-15,17,21-22H,3,6,8,10,20H2,1-2H3/t11?,13-,14+,15?,17-,18-,19-/m0/s1. The summed E-state index contributed by atoms with van der Waals surface area (Å²) < 4.78 is 0. The van der Waals surface area contributed by atoms with Gasteiger partial charge in [0, 0.05) is 11.1 Å². The highest BCUT2D eigenvalue weighted by atomic mass is 16.3. The molecule has 4 aliphatic rings. The van der Waals surface area contributed by atoms with Gasteiger partial charge in [-0.2, -0.15) is 0 Å². The van der Waals surface area contributed by atoms with Gasteiger partial charge in [0.25, 0.3) is 0 Å². The van der Waals surface area contributed by atoms with E-state index in [0.29, 0.717) is 23.5 Å². The first-order valence-corrected chi connectivity index (χ1v) is 8.60. The van der Waals surface area contributed by atoms with E-state index < -0.39 is 0 Å². The Hall–Kier alpha value is -1.22. The maximum atomic E-state index is 10.9. The van der Waals surface area contributed by atoms with E-state index >= 15 is 0 Å². The molecule has 4 N–H and O–H groups in total. The summed E-state index contributed by atoms with van der Waals surface area (Å²) in [5.41, 5.74) is 7.45. The van der Waals surface area contributed by atoms with E-state index in [0.717, 1.165) is 31.4 Å². The molecule has 0 heterocycles. The van der Waals surface area contributed by atoms with Gasteiger partial charge in [-0.1, -0.05) is 26.0 Å². The second kappa shape index (κ2) is 4.41. The molecule has 0 aromatic carbocycles. The number of hydrogen-bond donors (Lipinski definition) is 3. The van der Waals surface area contributed by atoms with E-state index in [9.17, 15) is 10.2 Å². The van der Waals surface area contributed by atoms with Gasteiger partial charge in [0.2, 0.25) is 0 Å². The lowest BCUT2D eigenvalue weighted by Crippen LogP contribution is -2.56. The van der Waals surface area contributed by atoms with Crippen LogP contribution in [-0.2, 0) is 0 Å². The zero-order valence-electron chi connectivity index (χ0n) is 13.5. The molecule has 120 valence electrons. The predicted molar refractivity (Wildman–Crippen MR) is 86.8 cm³/mol. The van der Waals surface area contributed by atoms with Crippen LogP contribution in [0.1, 0.15) is 39.5 Å². The number of aliphatic hydroxyl groups excluding tert-OH is 2. The van der Waals surface area contributed by atoms with Crippen LogP contribution in [0, 0.1) is 34.5 Å². The molecule has 0 aliphatic heterocycles. The molecule has 0 radical (unpaired) electrons. The normalized spacial score (nSPS) is 53.1. The Bertz CT molecular complexity index is 592. The van der Waals surface area contributed by atoms with Gasteiger partial charge in [-0.05, 0) is 66.9 Å². The van der Waals surface area contributed by atoms with E-state index in [2.05, 4.69) is 26.0 Å². The first kappa shape index (κ1) is 14.4.